The van der Waals surface area contributed by atoms with Crippen LogP contribution in [0.2, 0.25) is 0 Å². The molecule has 20 heavy (non-hydrogen) atoms. The van der Waals surface area contributed by atoms with Crippen LogP contribution < -0.4 is 0 Å². The van der Waals surface area contributed by atoms with Crippen molar-refractivity contribution in [2.45, 2.75) is 32.0 Å². The summed E-state index contributed by atoms with van der Waals surface area (Å²) in [6, 6.07) is 9.90. The molecule has 4 nitrogen and oxygen atoms in total. The molecule has 108 valence electrons. The smallest absolute Gasteiger partial charge is 0.305 e. The summed E-state index contributed by atoms with van der Waals surface area (Å²) in [5, 5.41) is 9.51. The number of carbonyl (C=O) groups excluding carboxylic acids is 1. The van der Waals surface area contributed by atoms with Gasteiger partial charge in [0.25, 0.3) is 0 Å². The lowest BCUT2D eigenvalue weighted by Gasteiger charge is -2.02. The average Bonchev–Trinajstić information content (AvgIpc) is 2.49. The lowest BCUT2D eigenvalue weighted by Crippen LogP contribution is -2.08. The van der Waals surface area contributed by atoms with E-state index in [9.17, 15) is 9.90 Å². The third kappa shape index (κ3) is 7.57. The van der Waals surface area contributed by atoms with Gasteiger partial charge < -0.3 is 14.6 Å². The van der Waals surface area contributed by atoms with E-state index < -0.39 is 6.10 Å². The Morgan fingerprint density at radius 3 is 2.80 bits per heavy atom. The van der Waals surface area contributed by atoms with E-state index in [1.54, 1.807) is 0 Å². The van der Waals surface area contributed by atoms with Gasteiger partial charge in [0, 0.05) is 12.8 Å². The summed E-state index contributed by atoms with van der Waals surface area (Å²) in [5.41, 5.74) is 1.12. The van der Waals surface area contributed by atoms with Crippen LogP contribution in [0, 0.1) is 11.8 Å². The molecule has 0 aliphatic carbocycles. The van der Waals surface area contributed by atoms with Crippen molar-refractivity contribution in [3.63, 3.8) is 0 Å². The van der Waals surface area contributed by atoms with Crippen molar-refractivity contribution in [2.75, 3.05) is 13.7 Å². The third-order valence-corrected chi connectivity index (χ3v) is 2.60. The highest BCUT2D eigenvalue weighted by atomic mass is 16.5. The van der Waals surface area contributed by atoms with Gasteiger partial charge in [-0.05, 0) is 12.0 Å². The minimum Gasteiger partial charge on any atom is -0.469 e. The highest BCUT2D eigenvalue weighted by Crippen LogP contribution is 2.01. The SMILES string of the molecule is COC(=O)CCC(O)C#CCCOCc1ccccc1. The van der Waals surface area contributed by atoms with Crippen LogP contribution in [0.3, 0.4) is 0 Å². The number of esters is 1. The van der Waals surface area contributed by atoms with Gasteiger partial charge in [0.05, 0.1) is 20.3 Å². The molecule has 0 amide bonds. The summed E-state index contributed by atoms with van der Waals surface area (Å²) in [4.78, 5) is 10.9. The predicted octanol–water partition coefficient (Wildman–Crippen LogP) is 1.91. The number of aliphatic hydroxyl groups is 1. The van der Waals surface area contributed by atoms with Crippen molar-refractivity contribution in [3.8, 4) is 11.8 Å². The summed E-state index contributed by atoms with van der Waals surface area (Å²) in [5.74, 6) is 5.18. The highest BCUT2D eigenvalue weighted by molar-refractivity contribution is 5.69. The Hall–Kier alpha value is -1.83. The van der Waals surface area contributed by atoms with Crippen molar-refractivity contribution in [2.24, 2.45) is 0 Å². The molecule has 0 aliphatic heterocycles. The molecule has 1 unspecified atom stereocenters. The van der Waals surface area contributed by atoms with Crippen molar-refractivity contribution < 1.29 is 19.4 Å². The maximum absolute atomic E-state index is 10.9. The van der Waals surface area contributed by atoms with Crippen LogP contribution in [0.25, 0.3) is 0 Å². The maximum Gasteiger partial charge on any atom is 0.305 e. The molecule has 0 heterocycles. The van der Waals surface area contributed by atoms with Crippen LogP contribution in [-0.2, 0) is 20.9 Å². The Morgan fingerprint density at radius 2 is 2.10 bits per heavy atom. The predicted molar refractivity (Wildman–Crippen MR) is 75.7 cm³/mol. The van der Waals surface area contributed by atoms with E-state index in [0.29, 0.717) is 26.1 Å². The zero-order valence-corrected chi connectivity index (χ0v) is 11.7. The number of hydrogen-bond acceptors (Lipinski definition) is 4. The molecule has 0 radical (unpaired) electrons. The summed E-state index contributed by atoms with van der Waals surface area (Å²) in [6.07, 6.45) is 0.243. The van der Waals surface area contributed by atoms with Crippen LogP contribution >= 0.6 is 0 Å². The number of ether oxygens (including phenoxy) is 2. The van der Waals surface area contributed by atoms with E-state index in [1.807, 2.05) is 30.3 Å². The molecule has 1 aromatic carbocycles. The lowest BCUT2D eigenvalue weighted by atomic mass is 10.2. The van der Waals surface area contributed by atoms with Gasteiger partial charge in [0.2, 0.25) is 0 Å². The molecule has 1 N–H and O–H groups in total. The number of benzene rings is 1. The van der Waals surface area contributed by atoms with Crippen LogP contribution in [0.15, 0.2) is 30.3 Å². The molecule has 0 fully saturated rings. The van der Waals surface area contributed by atoms with Gasteiger partial charge in [-0.3, -0.25) is 4.79 Å². The van der Waals surface area contributed by atoms with Crippen LogP contribution in [0.5, 0.6) is 0 Å². The van der Waals surface area contributed by atoms with Gasteiger partial charge in [-0.2, -0.15) is 0 Å². The Bertz CT molecular complexity index is 445. The zero-order chi connectivity index (χ0) is 14.6. The summed E-state index contributed by atoms with van der Waals surface area (Å²) >= 11 is 0. The van der Waals surface area contributed by atoms with E-state index >= 15 is 0 Å². The summed E-state index contributed by atoms with van der Waals surface area (Å²) in [7, 11) is 1.32. The second kappa shape index (κ2) is 10.0. The molecular weight excluding hydrogens is 256 g/mol. The van der Waals surface area contributed by atoms with Crippen molar-refractivity contribution in [1.82, 2.24) is 0 Å². The van der Waals surface area contributed by atoms with Gasteiger partial charge in [0.15, 0.2) is 0 Å². The van der Waals surface area contributed by atoms with E-state index in [2.05, 4.69) is 16.6 Å². The highest BCUT2D eigenvalue weighted by Gasteiger charge is 2.04. The molecule has 0 bridgehead atoms. The minimum atomic E-state index is -0.789. The number of hydrogen-bond donors (Lipinski definition) is 1. The first kappa shape index (κ1) is 16.2. The van der Waals surface area contributed by atoms with Gasteiger partial charge in [-0.15, -0.1) is 0 Å². The van der Waals surface area contributed by atoms with Crippen molar-refractivity contribution >= 4 is 5.97 Å². The monoisotopic (exact) mass is 276 g/mol. The number of methoxy groups -OCH3 is 1. The fourth-order valence-electron chi connectivity index (χ4n) is 1.51. The van der Waals surface area contributed by atoms with Crippen molar-refractivity contribution in [1.29, 1.82) is 0 Å². The first-order valence-electron chi connectivity index (χ1n) is 6.57. The van der Waals surface area contributed by atoms with E-state index in [0.717, 1.165) is 5.56 Å². The molecule has 0 saturated heterocycles. The molecule has 1 atom stereocenters. The Kier molecular flexibility index (Phi) is 8.13. The second-order valence-electron chi connectivity index (χ2n) is 4.24. The fraction of sp³-hybridized carbons (Fsp3) is 0.438. The number of rotatable bonds is 7. The largest absolute Gasteiger partial charge is 0.469 e. The maximum atomic E-state index is 10.9. The minimum absolute atomic E-state index is 0.177. The van der Waals surface area contributed by atoms with Gasteiger partial charge in [-0.1, -0.05) is 42.2 Å². The molecule has 1 rings (SSSR count). The molecule has 1 aromatic rings. The van der Waals surface area contributed by atoms with Crippen molar-refractivity contribution in [3.05, 3.63) is 35.9 Å². The molecular formula is C16H20O4. The number of carbonyl (C=O) groups is 1. The Morgan fingerprint density at radius 1 is 1.35 bits per heavy atom. The first-order valence-corrected chi connectivity index (χ1v) is 6.57. The zero-order valence-electron chi connectivity index (χ0n) is 11.7. The van der Waals surface area contributed by atoms with E-state index in [1.165, 1.54) is 7.11 Å². The number of aliphatic hydroxyl groups excluding tert-OH is 1. The summed E-state index contributed by atoms with van der Waals surface area (Å²) < 4.78 is 9.94. The van der Waals surface area contributed by atoms with Crippen LogP contribution in [0.1, 0.15) is 24.8 Å². The molecule has 4 heteroatoms. The molecule has 0 aromatic heterocycles. The van der Waals surface area contributed by atoms with Crippen LogP contribution in [-0.4, -0.2) is 30.9 Å². The molecule has 0 aliphatic rings. The molecule has 0 saturated carbocycles. The fourth-order valence-corrected chi connectivity index (χ4v) is 1.51. The van der Waals surface area contributed by atoms with Gasteiger partial charge >= 0.3 is 5.97 Å². The second-order valence-corrected chi connectivity index (χ2v) is 4.24. The van der Waals surface area contributed by atoms with E-state index in [-0.39, 0.29) is 12.4 Å². The average molecular weight is 276 g/mol. The Balaban J connectivity index is 2.09. The Labute approximate surface area is 119 Å². The summed E-state index contributed by atoms with van der Waals surface area (Å²) in [6.45, 7) is 1.08. The third-order valence-electron chi connectivity index (χ3n) is 2.60. The van der Waals surface area contributed by atoms with E-state index in [4.69, 9.17) is 4.74 Å². The standard InChI is InChI=1S/C16H20O4/c1-19-16(18)11-10-15(17)9-5-6-12-20-13-14-7-3-2-4-8-14/h2-4,7-8,15,17H,6,10-13H2,1H3. The first-order chi connectivity index (χ1) is 9.72. The van der Waals surface area contributed by atoms with Crippen LogP contribution in [0.4, 0.5) is 0 Å². The lowest BCUT2D eigenvalue weighted by molar-refractivity contribution is -0.141. The normalized spacial score (nSPS) is 11.3. The van der Waals surface area contributed by atoms with Gasteiger partial charge in [0.1, 0.15) is 6.10 Å². The van der Waals surface area contributed by atoms with Gasteiger partial charge in [-0.25, -0.2) is 0 Å². The quantitative estimate of drug-likeness (QED) is 0.469. The molecule has 0 spiro atoms. The topological polar surface area (TPSA) is 55.8 Å².